The van der Waals surface area contributed by atoms with Gasteiger partial charge in [-0.3, -0.25) is 9.05 Å². The average molecular weight is 647 g/mol. The smallest absolute Gasteiger partial charge is 0.404 e. The van der Waals surface area contributed by atoms with Crippen molar-refractivity contribution in [3.8, 4) is 5.75 Å². The number of hydrogen-bond donors (Lipinski definition) is 0. The molecular formula is C36H43O7PSi. The summed E-state index contributed by atoms with van der Waals surface area (Å²) >= 11 is 0. The second-order valence-corrected chi connectivity index (χ2v) is 14.0. The average Bonchev–Trinajstić information content (AvgIpc) is 3.04. The van der Waals surface area contributed by atoms with Gasteiger partial charge in [0.15, 0.2) is 0 Å². The molecule has 0 aliphatic rings. The standard InChI is InChI=1S/C36H43O7PSi/c1-6-38-44(37,39-7-2)43-33-25-17-29(18-26-33)15-21-31-23-24-32(36-14-12-11-13-35(31)36)22-16-30-19-27-34(28-20-30)45(40-8-3,41-9-4)42-10-5/h11-28H,6-10H2,1-5H3/b21-15+,22-16+. The predicted molar refractivity (Wildman–Crippen MR) is 186 cm³/mol. The van der Waals surface area contributed by atoms with E-state index in [1.165, 1.54) is 0 Å². The molecule has 0 unspecified atom stereocenters. The Morgan fingerprint density at radius 1 is 0.556 bits per heavy atom. The maximum absolute atomic E-state index is 12.7. The lowest BCUT2D eigenvalue weighted by molar-refractivity contribution is 0.0859. The van der Waals surface area contributed by atoms with Crippen LogP contribution in [0.1, 0.15) is 56.9 Å². The Balaban J connectivity index is 1.52. The third-order valence-electron chi connectivity index (χ3n) is 6.84. The van der Waals surface area contributed by atoms with Crippen molar-refractivity contribution in [2.75, 3.05) is 33.0 Å². The van der Waals surface area contributed by atoms with E-state index in [0.29, 0.717) is 25.6 Å². The van der Waals surface area contributed by atoms with Crippen molar-refractivity contribution in [1.29, 1.82) is 0 Å². The van der Waals surface area contributed by atoms with Gasteiger partial charge in [-0.05, 0) is 79.8 Å². The highest BCUT2D eigenvalue weighted by atomic mass is 31.2. The summed E-state index contributed by atoms with van der Waals surface area (Å²) in [5.74, 6) is 0.424. The molecule has 0 spiro atoms. The van der Waals surface area contributed by atoms with Crippen molar-refractivity contribution < 1.29 is 31.4 Å². The summed E-state index contributed by atoms with van der Waals surface area (Å²) in [6.07, 6.45) is 8.40. The normalized spacial score (nSPS) is 12.5. The van der Waals surface area contributed by atoms with E-state index in [9.17, 15) is 4.57 Å². The van der Waals surface area contributed by atoms with Crippen LogP contribution in [0.2, 0.25) is 0 Å². The van der Waals surface area contributed by atoms with Gasteiger partial charge in [0, 0.05) is 25.0 Å². The van der Waals surface area contributed by atoms with Crippen molar-refractivity contribution in [3.05, 3.63) is 107 Å². The quantitative estimate of drug-likeness (QED) is 0.0644. The lowest BCUT2D eigenvalue weighted by atomic mass is 9.98. The van der Waals surface area contributed by atoms with E-state index in [0.717, 1.165) is 38.2 Å². The Labute approximate surface area is 268 Å². The minimum absolute atomic E-state index is 0.231. The zero-order chi connectivity index (χ0) is 32.1. The maximum Gasteiger partial charge on any atom is 0.537 e. The number of rotatable bonds is 17. The molecular weight excluding hydrogens is 603 g/mol. The van der Waals surface area contributed by atoms with Crippen molar-refractivity contribution in [3.63, 3.8) is 0 Å². The van der Waals surface area contributed by atoms with Gasteiger partial charge in [-0.1, -0.05) is 97.1 Å². The summed E-state index contributed by atoms with van der Waals surface area (Å²) in [4.78, 5) is 0. The van der Waals surface area contributed by atoms with Crippen LogP contribution in [0.4, 0.5) is 0 Å². The predicted octanol–water partition coefficient (Wildman–Crippen LogP) is 9.00. The number of hydrogen-bond acceptors (Lipinski definition) is 7. The second kappa shape index (κ2) is 16.8. The molecule has 0 amide bonds. The van der Waals surface area contributed by atoms with Gasteiger partial charge in [0.2, 0.25) is 0 Å². The SMILES string of the molecule is CCO[Si](OCC)(OCC)c1ccc(/C=C/c2ccc(/C=C/c3ccc(OP(=O)(OCC)OCC)cc3)c3ccccc23)cc1. The number of phosphoric ester groups is 1. The minimum atomic E-state index is -3.63. The summed E-state index contributed by atoms with van der Waals surface area (Å²) in [5.41, 5.74) is 4.29. The Kier molecular flexibility index (Phi) is 12.9. The topological polar surface area (TPSA) is 72.5 Å². The molecule has 0 aliphatic carbocycles. The van der Waals surface area contributed by atoms with E-state index in [-0.39, 0.29) is 13.2 Å². The lowest BCUT2D eigenvalue weighted by Gasteiger charge is -2.28. The first-order valence-corrected chi connectivity index (χ1v) is 18.7. The van der Waals surface area contributed by atoms with Gasteiger partial charge >= 0.3 is 16.6 Å². The molecule has 0 radical (unpaired) electrons. The highest BCUT2D eigenvalue weighted by Gasteiger charge is 2.43. The van der Waals surface area contributed by atoms with Gasteiger partial charge < -0.3 is 17.8 Å². The van der Waals surface area contributed by atoms with E-state index in [4.69, 9.17) is 26.8 Å². The third-order valence-corrected chi connectivity index (χ3v) is 11.5. The molecule has 0 aromatic heterocycles. The molecule has 238 valence electrons. The zero-order valence-corrected chi connectivity index (χ0v) is 28.6. The first-order valence-electron chi connectivity index (χ1n) is 15.5. The number of fused-ring (bicyclic) bond motifs is 1. The van der Waals surface area contributed by atoms with Crippen LogP contribution in [0.5, 0.6) is 5.75 Å². The largest absolute Gasteiger partial charge is 0.537 e. The molecule has 4 aromatic carbocycles. The van der Waals surface area contributed by atoms with Gasteiger partial charge in [-0.25, -0.2) is 4.57 Å². The molecule has 0 aliphatic heterocycles. The highest BCUT2D eigenvalue weighted by Crippen LogP contribution is 2.49. The molecule has 0 saturated heterocycles. The Hall–Kier alpha value is -3.33. The molecule has 0 atom stereocenters. The van der Waals surface area contributed by atoms with Gasteiger partial charge in [0.05, 0.1) is 13.2 Å². The van der Waals surface area contributed by atoms with Crippen LogP contribution < -0.4 is 9.71 Å². The molecule has 0 fully saturated rings. The van der Waals surface area contributed by atoms with Crippen LogP contribution >= 0.6 is 7.82 Å². The fourth-order valence-electron chi connectivity index (χ4n) is 4.93. The van der Waals surface area contributed by atoms with Crippen molar-refractivity contribution in [2.24, 2.45) is 0 Å². The van der Waals surface area contributed by atoms with Gasteiger partial charge in [-0.2, -0.15) is 0 Å². The second-order valence-electron chi connectivity index (χ2n) is 9.88. The third kappa shape index (κ3) is 9.12. The van der Waals surface area contributed by atoms with Crippen LogP contribution in [0.15, 0.2) is 84.9 Å². The minimum Gasteiger partial charge on any atom is -0.404 e. The monoisotopic (exact) mass is 646 g/mol. The molecule has 7 nitrogen and oxygen atoms in total. The van der Waals surface area contributed by atoms with E-state index >= 15 is 0 Å². The molecule has 4 rings (SSSR count). The summed E-state index contributed by atoms with van der Waals surface area (Å²) in [5, 5.41) is 3.28. The number of phosphoric acid groups is 1. The van der Waals surface area contributed by atoms with Crippen molar-refractivity contribution in [1.82, 2.24) is 0 Å². The molecule has 0 heterocycles. The molecule has 9 heteroatoms. The Morgan fingerprint density at radius 3 is 1.42 bits per heavy atom. The molecule has 0 N–H and O–H groups in total. The zero-order valence-electron chi connectivity index (χ0n) is 26.7. The molecule has 0 bridgehead atoms. The molecule has 4 aromatic rings. The molecule has 0 saturated carbocycles. The Bertz CT molecular complexity index is 1590. The van der Waals surface area contributed by atoms with Gasteiger partial charge in [0.25, 0.3) is 0 Å². The summed E-state index contributed by atoms with van der Waals surface area (Å²) in [6, 6.07) is 28.2. The van der Waals surface area contributed by atoms with Crippen LogP contribution in [0, 0.1) is 0 Å². The first kappa shape index (κ1) is 34.5. The van der Waals surface area contributed by atoms with Crippen LogP contribution in [0.3, 0.4) is 0 Å². The van der Waals surface area contributed by atoms with Crippen LogP contribution in [-0.4, -0.2) is 41.8 Å². The lowest BCUT2D eigenvalue weighted by Crippen LogP contribution is -2.56. The fourth-order valence-corrected chi connectivity index (χ4v) is 8.58. The van der Waals surface area contributed by atoms with Crippen molar-refractivity contribution >= 4 is 56.9 Å². The van der Waals surface area contributed by atoms with E-state index < -0.39 is 16.6 Å². The van der Waals surface area contributed by atoms with E-state index in [2.05, 4.69) is 66.8 Å². The summed E-state index contributed by atoms with van der Waals surface area (Å²) < 4.78 is 46.8. The van der Waals surface area contributed by atoms with Crippen molar-refractivity contribution in [2.45, 2.75) is 34.6 Å². The fraction of sp³-hybridized carbons (Fsp3) is 0.278. The number of benzene rings is 4. The Morgan fingerprint density at radius 2 is 1.00 bits per heavy atom. The van der Waals surface area contributed by atoms with Crippen LogP contribution in [-0.2, 0) is 26.9 Å². The highest BCUT2D eigenvalue weighted by molar-refractivity contribution is 7.48. The maximum atomic E-state index is 12.7. The van der Waals surface area contributed by atoms with Gasteiger partial charge in [0.1, 0.15) is 5.75 Å². The molecule has 45 heavy (non-hydrogen) atoms. The van der Waals surface area contributed by atoms with E-state index in [1.54, 1.807) is 26.0 Å². The van der Waals surface area contributed by atoms with Gasteiger partial charge in [-0.15, -0.1) is 0 Å². The van der Waals surface area contributed by atoms with Crippen LogP contribution in [0.25, 0.3) is 35.1 Å². The van der Waals surface area contributed by atoms with E-state index in [1.807, 2.05) is 51.1 Å². The first-order chi connectivity index (χ1) is 21.9. The summed E-state index contributed by atoms with van der Waals surface area (Å²) in [7, 11) is -6.57. The summed E-state index contributed by atoms with van der Waals surface area (Å²) in [6.45, 7) is 11.4.